The van der Waals surface area contributed by atoms with Crippen LogP contribution in [-0.4, -0.2) is 23.9 Å². The number of halogens is 3. The van der Waals surface area contributed by atoms with Gasteiger partial charge in [0.2, 0.25) is 5.78 Å². The van der Waals surface area contributed by atoms with Gasteiger partial charge in [0.05, 0.1) is 18.7 Å². The molecule has 0 bridgehead atoms. The number of ether oxygens (including phenoxy) is 1. The van der Waals surface area contributed by atoms with Crippen LogP contribution in [0.2, 0.25) is 15.1 Å². The number of amides is 1. The van der Waals surface area contributed by atoms with Gasteiger partial charge >= 0.3 is 0 Å². The third-order valence-corrected chi connectivity index (χ3v) is 6.58. The van der Waals surface area contributed by atoms with E-state index in [-0.39, 0.29) is 11.3 Å². The number of furan rings is 1. The number of aryl methyl sites for hydroxylation is 1. The van der Waals surface area contributed by atoms with Crippen LogP contribution >= 0.6 is 34.8 Å². The Bertz CT molecular complexity index is 1570. The van der Waals surface area contributed by atoms with Gasteiger partial charge in [0.1, 0.15) is 0 Å². The average Bonchev–Trinajstić information content (AvgIpc) is 3.36. The Morgan fingerprint density at radius 2 is 1.69 bits per heavy atom. The highest BCUT2D eigenvalue weighted by Crippen LogP contribution is 2.44. The molecular weight excluding hydrogens is 525 g/mol. The summed E-state index contributed by atoms with van der Waals surface area (Å²) in [6, 6.07) is 15.7. The maximum absolute atomic E-state index is 13.8. The van der Waals surface area contributed by atoms with Gasteiger partial charge in [-0.15, -0.1) is 0 Å². The van der Waals surface area contributed by atoms with E-state index in [1.807, 2.05) is 25.1 Å². The lowest BCUT2D eigenvalue weighted by atomic mass is 9.94. The predicted molar refractivity (Wildman–Crippen MR) is 140 cm³/mol. The zero-order chi connectivity index (χ0) is 25.7. The molecule has 0 spiro atoms. The first-order valence-electron chi connectivity index (χ1n) is 10.8. The second-order valence-corrected chi connectivity index (χ2v) is 9.66. The van der Waals surface area contributed by atoms with Crippen LogP contribution in [-0.2, 0) is 4.79 Å². The van der Waals surface area contributed by atoms with E-state index in [1.54, 1.807) is 30.3 Å². The Labute approximate surface area is 221 Å². The zero-order valence-electron chi connectivity index (χ0n) is 19.0. The van der Waals surface area contributed by atoms with Gasteiger partial charge in [0.25, 0.3) is 5.91 Å². The molecule has 0 saturated carbocycles. The van der Waals surface area contributed by atoms with Crippen molar-refractivity contribution >= 4 is 63.1 Å². The predicted octanol–water partition coefficient (Wildman–Crippen LogP) is 7.49. The van der Waals surface area contributed by atoms with E-state index in [9.17, 15) is 14.7 Å². The fourth-order valence-corrected chi connectivity index (χ4v) is 5.15. The van der Waals surface area contributed by atoms with Crippen molar-refractivity contribution in [2.24, 2.45) is 0 Å². The first-order valence-corrected chi connectivity index (χ1v) is 11.9. The number of hydrogen-bond donors (Lipinski definition) is 1. The highest BCUT2D eigenvalue weighted by Gasteiger charge is 2.45. The molecule has 6 nitrogen and oxygen atoms in total. The Morgan fingerprint density at radius 1 is 1.00 bits per heavy atom. The number of nitrogens with zero attached hydrogens (tertiary/aromatic N) is 1. The van der Waals surface area contributed by atoms with E-state index >= 15 is 0 Å². The van der Waals surface area contributed by atoms with Crippen molar-refractivity contribution in [1.82, 2.24) is 0 Å². The number of aliphatic hydroxyl groups excluding tert-OH is 1. The Kier molecular flexibility index (Phi) is 6.20. The molecule has 4 aromatic rings. The van der Waals surface area contributed by atoms with Crippen LogP contribution in [0.15, 0.2) is 76.4 Å². The van der Waals surface area contributed by atoms with Gasteiger partial charge in [0, 0.05) is 32.2 Å². The Balaban J connectivity index is 1.69. The van der Waals surface area contributed by atoms with Crippen molar-refractivity contribution in [2.45, 2.75) is 13.0 Å². The van der Waals surface area contributed by atoms with Crippen LogP contribution in [0.5, 0.6) is 5.75 Å². The molecule has 0 aliphatic carbocycles. The molecule has 2 heterocycles. The number of rotatable bonds is 5. The van der Waals surface area contributed by atoms with Gasteiger partial charge in [-0.25, -0.2) is 0 Å². The average molecular weight is 543 g/mol. The molecule has 0 fully saturated rings. The molecule has 0 radical (unpaired) electrons. The second kappa shape index (κ2) is 9.21. The highest BCUT2D eigenvalue weighted by atomic mass is 35.5. The van der Waals surface area contributed by atoms with Crippen molar-refractivity contribution in [2.75, 3.05) is 12.0 Å². The molecule has 9 heteroatoms. The number of anilines is 1. The molecule has 1 N–H and O–H groups in total. The monoisotopic (exact) mass is 541 g/mol. The van der Waals surface area contributed by atoms with Crippen LogP contribution in [0.1, 0.15) is 27.7 Å². The zero-order valence-corrected chi connectivity index (χ0v) is 21.3. The summed E-state index contributed by atoms with van der Waals surface area (Å²) >= 11 is 18.6. The number of benzene rings is 3. The number of ketones is 1. The molecule has 1 atom stereocenters. The fraction of sp³-hybridized carbons (Fsp3) is 0.111. The molecule has 5 rings (SSSR count). The Morgan fingerprint density at radius 3 is 2.36 bits per heavy atom. The number of Topliss-reactive ketones (excluding diaryl/α,β-unsaturated/α-hetero) is 1. The number of aliphatic hydroxyl groups is 1. The number of methoxy groups -OCH3 is 1. The second-order valence-electron chi connectivity index (χ2n) is 8.35. The highest BCUT2D eigenvalue weighted by molar-refractivity contribution is 6.35. The van der Waals surface area contributed by atoms with Crippen LogP contribution in [0.3, 0.4) is 0 Å². The van der Waals surface area contributed by atoms with Gasteiger partial charge in [-0.1, -0.05) is 64.6 Å². The van der Waals surface area contributed by atoms with Gasteiger partial charge in [-0.2, -0.15) is 0 Å². The number of fused-ring (bicyclic) bond motifs is 1. The van der Waals surface area contributed by atoms with Crippen molar-refractivity contribution in [3.8, 4) is 5.75 Å². The van der Waals surface area contributed by atoms with Crippen LogP contribution in [0, 0.1) is 6.92 Å². The van der Waals surface area contributed by atoms with Gasteiger partial charge < -0.3 is 14.3 Å². The van der Waals surface area contributed by atoms with E-state index in [2.05, 4.69) is 0 Å². The maximum atomic E-state index is 13.8. The van der Waals surface area contributed by atoms with Crippen LogP contribution in [0.25, 0.3) is 11.0 Å². The standard InChI is InChI=1S/C27H18Cl3NO5/c1-13-4-3-5-14(6-13)23-22(25(33)27(34)31(23)19-10-17(29)9-18(30)11-19)24(32)20-8-15-7-16(28)12-21(35-2)26(15)36-20/h3-12,23,33H,1-2H3. The molecule has 1 unspecified atom stereocenters. The molecule has 182 valence electrons. The molecule has 1 amide bonds. The first kappa shape index (κ1) is 24.3. The molecule has 1 aromatic heterocycles. The SMILES string of the molecule is COc1cc(Cl)cc2cc(C(=O)C3=C(O)C(=O)N(c4cc(Cl)cc(Cl)c4)C3c3cccc(C)c3)oc12. The summed E-state index contributed by atoms with van der Waals surface area (Å²) in [7, 11) is 1.46. The summed E-state index contributed by atoms with van der Waals surface area (Å²) in [5.41, 5.74) is 2.04. The number of carbonyl (C=O) groups is 2. The first-order chi connectivity index (χ1) is 17.2. The minimum absolute atomic E-state index is 0.0800. The van der Waals surface area contributed by atoms with Crippen LogP contribution in [0.4, 0.5) is 5.69 Å². The number of hydrogen-bond acceptors (Lipinski definition) is 5. The lowest BCUT2D eigenvalue weighted by Gasteiger charge is -2.27. The largest absolute Gasteiger partial charge is 0.503 e. The Hall–Kier alpha value is -3.45. The van der Waals surface area contributed by atoms with Crippen molar-refractivity contribution in [1.29, 1.82) is 0 Å². The normalized spacial score (nSPS) is 15.8. The van der Waals surface area contributed by atoms with Crippen molar-refractivity contribution in [3.63, 3.8) is 0 Å². The fourth-order valence-electron chi connectivity index (χ4n) is 4.42. The molecule has 3 aromatic carbocycles. The summed E-state index contributed by atoms with van der Waals surface area (Å²) in [6.07, 6.45) is 0. The maximum Gasteiger partial charge on any atom is 0.294 e. The third kappa shape index (κ3) is 4.11. The van der Waals surface area contributed by atoms with E-state index in [0.29, 0.717) is 43.0 Å². The van der Waals surface area contributed by atoms with E-state index in [0.717, 1.165) is 5.56 Å². The molecule has 1 aliphatic rings. The lowest BCUT2D eigenvalue weighted by molar-refractivity contribution is -0.117. The van der Waals surface area contributed by atoms with Crippen molar-refractivity contribution < 1.29 is 23.8 Å². The van der Waals surface area contributed by atoms with E-state index in [4.69, 9.17) is 44.0 Å². The third-order valence-electron chi connectivity index (χ3n) is 5.93. The summed E-state index contributed by atoms with van der Waals surface area (Å²) < 4.78 is 11.2. The van der Waals surface area contributed by atoms with E-state index in [1.165, 1.54) is 24.1 Å². The smallest absolute Gasteiger partial charge is 0.294 e. The van der Waals surface area contributed by atoms with E-state index < -0.39 is 23.5 Å². The molecule has 36 heavy (non-hydrogen) atoms. The minimum Gasteiger partial charge on any atom is -0.503 e. The summed E-state index contributed by atoms with van der Waals surface area (Å²) in [5, 5.41) is 12.5. The topological polar surface area (TPSA) is 80.0 Å². The summed E-state index contributed by atoms with van der Waals surface area (Å²) in [4.78, 5) is 28.5. The minimum atomic E-state index is -0.960. The van der Waals surface area contributed by atoms with Gasteiger partial charge in [-0.05, 0) is 42.8 Å². The molecule has 1 aliphatic heterocycles. The van der Waals surface area contributed by atoms with Crippen LogP contribution < -0.4 is 9.64 Å². The molecular formula is C27H18Cl3NO5. The quantitative estimate of drug-likeness (QED) is 0.264. The van der Waals surface area contributed by atoms with Crippen molar-refractivity contribution in [3.05, 3.63) is 104 Å². The summed E-state index contributed by atoms with van der Waals surface area (Å²) in [5.74, 6) is -1.84. The summed E-state index contributed by atoms with van der Waals surface area (Å²) in [6.45, 7) is 1.89. The van der Waals surface area contributed by atoms with Gasteiger partial charge in [-0.3, -0.25) is 14.5 Å². The number of carbonyl (C=O) groups excluding carboxylic acids is 2. The van der Waals surface area contributed by atoms with Gasteiger partial charge in [0.15, 0.2) is 22.9 Å². The molecule has 0 saturated heterocycles. The lowest BCUT2D eigenvalue weighted by Crippen LogP contribution is -2.31.